The van der Waals surface area contributed by atoms with Gasteiger partial charge in [0.15, 0.2) is 0 Å². The fraction of sp³-hybridized carbons (Fsp3) is 1.00. The molecular weight excluding hydrogens is 198 g/mol. The molecule has 1 rings (SSSR count). The first-order chi connectivity index (χ1) is 7.42. The van der Waals surface area contributed by atoms with Crippen molar-refractivity contribution in [1.82, 2.24) is 15.1 Å². The molecule has 0 aromatic heterocycles. The second kappa shape index (κ2) is 5.99. The third kappa shape index (κ3) is 4.40. The van der Waals surface area contributed by atoms with Gasteiger partial charge in [0.25, 0.3) is 0 Å². The Hall–Kier alpha value is -0.120. The van der Waals surface area contributed by atoms with Gasteiger partial charge < -0.3 is 15.1 Å². The topological polar surface area (TPSA) is 18.5 Å². The van der Waals surface area contributed by atoms with Crippen molar-refractivity contribution >= 4 is 0 Å². The lowest BCUT2D eigenvalue weighted by Gasteiger charge is -2.34. The molecule has 16 heavy (non-hydrogen) atoms. The molecule has 3 heteroatoms. The van der Waals surface area contributed by atoms with Crippen molar-refractivity contribution in [2.45, 2.75) is 32.2 Å². The van der Waals surface area contributed by atoms with E-state index in [9.17, 15) is 0 Å². The lowest BCUT2D eigenvalue weighted by atomic mass is 9.96. The lowest BCUT2D eigenvalue weighted by Crippen LogP contribution is -2.48. The van der Waals surface area contributed by atoms with E-state index in [4.69, 9.17) is 0 Å². The molecular formula is C13H29N3. The number of rotatable bonds is 5. The second-order valence-electron chi connectivity index (χ2n) is 6.08. The van der Waals surface area contributed by atoms with E-state index in [1.807, 2.05) is 0 Å². The van der Waals surface area contributed by atoms with Gasteiger partial charge in [0.2, 0.25) is 0 Å². The predicted molar refractivity (Wildman–Crippen MR) is 70.9 cm³/mol. The number of piperidine rings is 1. The largest absolute Gasteiger partial charge is 0.315 e. The molecule has 0 radical (unpaired) electrons. The minimum absolute atomic E-state index is 0.255. The second-order valence-corrected chi connectivity index (χ2v) is 6.08. The quantitative estimate of drug-likeness (QED) is 0.763. The number of likely N-dealkylation sites (tertiary alicyclic amines) is 1. The standard InChI is InChI=1S/C13H29N3/c1-13(2,15(3)4)11-14-10-12-6-8-16(5)9-7-12/h12,14H,6-11H2,1-5H3. The Morgan fingerprint density at radius 2 is 1.81 bits per heavy atom. The van der Waals surface area contributed by atoms with E-state index in [-0.39, 0.29) is 5.54 Å². The van der Waals surface area contributed by atoms with E-state index in [2.05, 4.69) is 50.1 Å². The molecule has 0 aliphatic carbocycles. The molecule has 96 valence electrons. The van der Waals surface area contributed by atoms with Crippen LogP contribution in [-0.2, 0) is 0 Å². The van der Waals surface area contributed by atoms with Crippen LogP contribution < -0.4 is 5.32 Å². The van der Waals surface area contributed by atoms with Crippen molar-refractivity contribution < 1.29 is 0 Å². The minimum Gasteiger partial charge on any atom is -0.315 e. The molecule has 3 nitrogen and oxygen atoms in total. The highest BCUT2D eigenvalue weighted by Crippen LogP contribution is 2.15. The van der Waals surface area contributed by atoms with Gasteiger partial charge in [-0.15, -0.1) is 0 Å². The van der Waals surface area contributed by atoms with Crippen LogP contribution in [0, 0.1) is 5.92 Å². The maximum atomic E-state index is 3.63. The first-order valence-corrected chi connectivity index (χ1v) is 6.48. The molecule has 1 N–H and O–H groups in total. The number of hydrogen-bond acceptors (Lipinski definition) is 3. The molecule has 0 atom stereocenters. The average Bonchev–Trinajstić information content (AvgIpc) is 2.20. The fourth-order valence-corrected chi connectivity index (χ4v) is 2.01. The van der Waals surface area contributed by atoms with E-state index in [1.54, 1.807) is 0 Å². The number of likely N-dealkylation sites (N-methyl/N-ethyl adjacent to an activating group) is 1. The Kier molecular flexibility index (Phi) is 5.22. The van der Waals surface area contributed by atoms with E-state index in [0.29, 0.717) is 0 Å². The fourth-order valence-electron chi connectivity index (χ4n) is 2.01. The van der Waals surface area contributed by atoms with Crippen LogP contribution in [0.5, 0.6) is 0 Å². The molecule has 1 aliphatic rings. The Morgan fingerprint density at radius 3 is 2.31 bits per heavy atom. The minimum atomic E-state index is 0.255. The molecule has 1 fully saturated rings. The molecule has 0 aromatic rings. The Labute approximate surface area is 101 Å². The van der Waals surface area contributed by atoms with E-state index in [0.717, 1.165) is 12.5 Å². The van der Waals surface area contributed by atoms with Gasteiger partial charge >= 0.3 is 0 Å². The molecule has 1 heterocycles. The van der Waals surface area contributed by atoms with E-state index in [1.165, 1.54) is 32.5 Å². The van der Waals surface area contributed by atoms with Gasteiger partial charge in [-0.3, -0.25) is 0 Å². The third-order valence-electron chi connectivity index (χ3n) is 4.04. The zero-order valence-corrected chi connectivity index (χ0v) is 11.7. The van der Waals surface area contributed by atoms with Crippen molar-refractivity contribution in [2.75, 3.05) is 47.3 Å². The van der Waals surface area contributed by atoms with Crippen LogP contribution >= 0.6 is 0 Å². The summed E-state index contributed by atoms with van der Waals surface area (Å²) < 4.78 is 0. The summed E-state index contributed by atoms with van der Waals surface area (Å²) in [6, 6.07) is 0. The van der Waals surface area contributed by atoms with Gasteiger partial charge in [-0.25, -0.2) is 0 Å². The molecule has 0 saturated carbocycles. The molecule has 1 saturated heterocycles. The first kappa shape index (κ1) is 13.9. The summed E-state index contributed by atoms with van der Waals surface area (Å²) in [5, 5.41) is 3.63. The van der Waals surface area contributed by atoms with Gasteiger partial charge in [0, 0.05) is 12.1 Å². The predicted octanol–water partition coefficient (Wildman–Crippen LogP) is 1.26. The van der Waals surface area contributed by atoms with Crippen LogP contribution in [0.15, 0.2) is 0 Å². The van der Waals surface area contributed by atoms with Crippen LogP contribution in [0.25, 0.3) is 0 Å². The number of hydrogen-bond donors (Lipinski definition) is 1. The zero-order valence-electron chi connectivity index (χ0n) is 11.7. The summed E-state index contributed by atoms with van der Waals surface area (Å²) in [5.74, 6) is 0.883. The summed E-state index contributed by atoms with van der Waals surface area (Å²) in [7, 11) is 6.52. The molecule has 0 spiro atoms. The first-order valence-electron chi connectivity index (χ1n) is 6.48. The lowest BCUT2D eigenvalue weighted by molar-refractivity contribution is 0.176. The van der Waals surface area contributed by atoms with Crippen molar-refractivity contribution in [1.29, 1.82) is 0 Å². The normalized spacial score (nSPS) is 20.6. The molecule has 0 amide bonds. The van der Waals surface area contributed by atoms with Gasteiger partial charge in [0.05, 0.1) is 0 Å². The SMILES string of the molecule is CN1CCC(CNCC(C)(C)N(C)C)CC1. The Bertz CT molecular complexity index is 193. The van der Waals surface area contributed by atoms with Crippen molar-refractivity contribution in [2.24, 2.45) is 5.92 Å². The summed E-state index contributed by atoms with van der Waals surface area (Å²) in [5.41, 5.74) is 0.255. The van der Waals surface area contributed by atoms with Crippen LogP contribution in [0.4, 0.5) is 0 Å². The summed E-state index contributed by atoms with van der Waals surface area (Å²) in [6.07, 6.45) is 2.71. The highest BCUT2D eigenvalue weighted by atomic mass is 15.2. The summed E-state index contributed by atoms with van der Waals surface area (Å²) in [4.78, 5) is 4.72. The highest BCUT2D eigenvalue weighted by molar-refractivity contribution is 4.81. The van der Waals surface area contributed by atoms with Crippen molar-refractivity contribution in [3.63, 3.8) is 0 Å². The number of nitrogens with zero attached hydrogens (tertiary/aromatic N) is 2. The third-order valence-corrected chi connectivity index (χ3v) is 4.04. The Morgan fingerprint density at radius 1 is 1.25 bits per heavy atom. The van der Waals surface area contributed by atoms with Crippen LogP contribution in [0.1, 0.15) is 26.7 Å². The van der Waals surface area contributed by atoms with Gasteiger partial charge in [-0.05, 0) is 73.4 Å². The smallest absolute Gasteiger partial charge is 0.0271 e. The van der Waals surface area contributed by atoms with Crippen molar-refractivity contribution in [3.05, 3.63) is 0 Å². The monoisotopic (exact) mass is 227 g/mol. The van der Waals surface area contributed by atoms with Gasteiger partial charge in [-0.1, -0.05) is 0 Å². The maximum absolute atomic E-state index is 3.63. The zero-order chi connectivity index (χ0) is 12.2. The average molecular weight is 227 g/mol. The Balaban J connectivity index is 2.16. The van der Waals surface area contributed by atoms with Crippen LogP contribution in [0.2, 0.25) is 0 Å². The van der Waals surface area contributed by atoms with Gasteiger partial charge in [0.1, 0.15) is 0 Å². The summed E-state index contributed by atoms with van der Waals surface area (Å²) in [6.45, 7) is 9.37. The highest BCUT2D eigenvalue weighted by Gasteiger charge is 2.21. The van der Waals surface area contributed by atoms with Crippen LogP contribution in [0.3, 0.4) is 0 Å². The molecule has 0 unspecified atom stereocenters. The number of nitrogens with one attached hydrogen (secondary N) is 1. The maximum Gasteiger partial charge on any atom is 0.0271 e. The molecule has 1 aliphatic heterocycles. The molecule has 0 bridgehead atoms. The molecule has 0 aromatic carbocycles. The van der Waals surface area contributed by atoms with Gasteiger partial charge in [-0.2, -0.15) is 0 Å². The van der Waals surface area contributed by atoms with E-state index < -0.39 is 0 Å². The summed E-state index contributed by atoms with van der Waals surface area (Å²) >= 11 is 0. The van der Waals surface area contributed by atoms with Crippen LogP contribution in [-0.4, -0.2) is 62.7 Å². The van der Waals surface area contributed by atoms with Crippen molar-refractivity contribution in [3.8, 4) is 0 Å². The van der Waals surface area contributed by atoms with E-state index >= 15 is 0 Å².